The number of esters is 5. The van der Waals surface area contributed by atoms with E-state index in [1.54, 1.807) is 0 Å². The van der Waals surface area contributed by atoms with Crippen LogP contribution in [-0.2, 0) is 76.4 Å². The lowest BCUT2D eigenvalue weighted by atomic mass is 9.83. The van der Waals surface area contributed by atoms with Crippen LogP contribution in [0.4, 0.5) is 0 Å². The second kappa shape index (κ2) is 30.8. The number of hydrogen-bond acceptors (Lipinski definition) is 38. The van der Waals surface area contributed by atoms with Gasteiger partial charge in [-0.1, -0.05) is 11.8 Å². The van der Waals surface area contributed by atoms with E-state index < -0.39 is 331 Å². The summed E-state index contributed by atoms with van der Waals surface area (Å²) in [4.78, 5) is 193. The molecule has 25 N–H and O–H groups in total. The largest absolute Gasteiger partial charge is 0.504 e. The molecular weight excluding hydrogens is 1490 g/mol. The number of aliphatic hydroxyl groups is 2. The molecular formula is C61H60N6O38S2. The van der Waals surface area contributed by atoms with Crippen molar-refractivity contribution in [1.82, 2.24) is 21.3 Å². The minimum Gasteiger partial charge on any atom is -0.504 e. The first-order valence-electron chi connectivity index (χ1n) is 30.7. The molecule has 4 heterocycles. The van der Waals surface area contributed by atoms with Gasteiger partial charge in [0.15, 0.2) is 64.0 Å². The van der Waals surface area contributed by atoms with Crippen molar-refractivity contribution in [2.45, 2.75) is 103 Å². The molecule has 0 spiro atoms. The molecule has 14 atom stereocenters. The molecule has 4 amide bonds. The van der Waals surface area contributed by atoms with Crippen LogP contribution in [0.5, 0.6) is 69.0 Å². The molecule has 9 rings (SSSR count). The molecule has 107 heavy (non-hydrogen) atoms. The number of phenolic OH excluding ortho intramolecular Hbond substituents is 11. The van der Waals surface area contributed by atoms with Crippen molar-refractivity contribution in [3.8, 4) is 80.1 Å². The van der Waals surface area contributed by atoms with E-state index >= 15 is 19.2 Å². The van der Waals surface area contributed by atoms with Crippen LogP contribution >= 0.6 is 23.5 Å². The van der Waals surface area contributed by atoms with Gasteiger partial charge in [0, 0.05) is 41.0 Å². The van der Waals surface area contributed by atoms with Crippen LogP contribution in [0.15, 0.2) is 30.3 Å². The molecule has 4 aliphatic heterocycles. The van der Waals surface area contributed by atoms with Gasteiger partial charge in [-0.3, -0.25) is 47.9 Å². The van der Waals surface area contributed by atoms with Gasteiger partial charge in [0.25, 0.3) is 5.79 Å². The Labute approximate surface area is 602 Å². The lowest BCUT2D eigenvalue weighted by Crippen LogP contribution is -2.64. The molecule has 1 aliphatic carbocycles. The summed E-state index contributed by atoms with van der Waals surface area (Å²) in [5, 5.41) is 189. The number of thioether (sulfide) groups is 2. The van der Waals surface area contributed by atoms with Crippen molar-refractivity contribution in [2.75, 3.05) is 31.2 Å². The normalized spacial score (nSPS) is 23.6. The Bertz CT molecular complexity index is 4420. The van der Waals surface area contributed by atoms with Crippen molar-refractivity contribution in [1.29, 1.82) is 0 Å². The Balaban J connectivity index is 1.28. The fraction of sp³-hybridized carbons (Fsp3) is 0.377. The molecule has 1 saturated heterocycles. The van der Waals surface area contributed by atoms with Crippen LogP contribution in [0, 0.1) is 5.92 Å². The Morgan fingerprint density at radius 3 is 1.55 bits per heavy atom. The molecule has 0 radical (unpaired) electrons. The van der Waals surface area contributed by atoms with Crippen LogP contribution in [0.1, 0.15) is 78.6 Å². The van der Waals surface area contributed by atoms with Gasteiger partial charge >= 0.3 is 53.7 Å². The number of rotatable bonds is 24. The molecule has 4 bridgehead atoms. The second-order valence-electron chi connectivity index (χ2n) is 24.0. The van der Waals surface area contributed by atoms with Crippen molar-refractivity contribution >= 4 is 106 Å². The summed E-state index contributed by atoms with van der Waals surface area (Å²) in [6, 6.07) is -5.96. The fourth-order valence-corrected chi connectivity index (χ4v) is 14.6. The third kappa shape index (κ3) is 15.4. The number of ether oxygens (including phenoxy) is 7. The Morgan fingerprint density at radius 2 is 1.04 bits per heavy atom. The fourth-order valence-electron chi connectivity index (χ4n) is 11.9. The van der Waals surface area contributed by atoms with Gasteiger partial charge in [-0.15, -0.1) is 0 Å². The van der Waals surface area contributed by atoms with Crippen molar-refractivity contribution in [2.24, 2.45) is 17.4 Å². The maximum Gasteiger partial charge on any atom is 0.340 e. The van der Waals surface area contributed by atoms with E-state index in [4.69, 9.17) is 44.6 Å². The van der Waals surface area contributed by atoms with Gasteiger partial charge in [-0.25, -0.2) is 19.2 Å². The van der Waals surface area contributed by atoms with Crippen molar-refractivity contribution in [3.05, 3.63) is 58.1 Å². The summed E-state index contributed by atoms with van der Waals surface area (Å²) in [5.74, 6) is -51.0. The average molecular weight is 1550 g/mol. The number of phenols is 11. The van der Waals surface area contributed by atoms with Crippen molar-refractivity contribution < 1.29 is 187 Å². The highest BCUT2D eigenvalue weighted by Crippen LogP contribution is 2.67. The number of nitrogens with two attached hydrogens (primary N) is 2. The van der Waals surface area contributed by atoms with E-state index in [0.717, 1.165) is 0 Å². The molecule has 46 heteroatoms. The first kappa shape index (κ1) is 78.9. The van der Waals surface area contributed by atoms with E-state index in [1.807, 2.05) is 10.6 Å². The molecule has 5 aliphatic rings. The highest BCUT2D eigenvalue weighted by molar-refractivity contribution is 8.14. The molecule has 2 fully saturated rings. The van der Waals surface area contributed by atoms with Crippen molar-refractivity contribution in [3.63, 3.8) is 0 Å². The smallest absolute Gasteiger partial charge is 0.340 e. The lowest BCUT2D eigenvalue weighted by molar-refractivity contribution is -0.287. The molecule has 574 valence electrons. The van der Waals surface area contributed by atoms with Crippen LogP contribution in [-0.4, -0.2) is 272 Å². The number of hydrogen-bond donors (Lipinski definition) is 23. The average Bonchev–Trinajstić information content (AvgIpc) is 1.50. The van der Waals surface area contributed by atoms with Gasteiger partial charge in [0.1, 0.15) is 50.0 Å². The number of carbonyl (C=O) groups excluding carboxylic acids is 10. The number of fused-ring (bicyclic) bond motifs is 3. The Morgan fingerprint density at radius 1 is 0.570 bits per heavy atom. The highest BCUT2D eigenvalue weighted by Gasteiger charge is 2.80. The van der Waals surface area contributed by atoms with Crippen LogP contribution in [0.2, 0.25) is 0 Å². The van der Waals surface area contributed by atoms with Gasteiger partial charge in [-0.05, 0) is 43.2 Å². The number of carboxylic acid groups (broad SMARTS) is 4. The zero-order chi connectivity index (χ0) is 79.1. The predicted molar refractivity (Wildman–Crippen MR) is 341 cm³/mol. The zero-order valence-electron chi connectivity index (χ0n) is 53.8. The standard InChI is InChI=1S/C61H60N6O38S2/c62-19(51(87)88)1-3-29(73)66-21(49(85)64-10-31(75)76)13-106-48-36-37-35-18(9-27(72)41(82)45(35)105-61(37,98)60(48,97)59(96)107-14-22(50(86)65-11-32(77)78)67-30(74)4-2-20(63)52(89)90)56(94)103-47-46-44(101-57(36)95)28(100-58(47)104-53(91)15-5-23(68)38(79)24(69)6-15)12-99-54(92)16-7-25(70)39(80)42(83)33(16)34-17(55(93)102-46)8-26(71)40(81)43(34)84/h5-9,19-22,28,36-37,44,46-48,58,68-72,79-84,97-98H,1-4,10-14,62-63H2,(H,64,85)(H,65,86)(H,66,73)(H,67,74)(H,75,76)(H,77,78)(H,87,88)(H,89,90)/t19-,20-,21?,22?,28+,36+,37+,44+,46-,47+,48-,58-,60?,61+/m0/s1. The topological polar surface area (TPSA) is 748 Å². The van der Waals surface area contributed by atoms with Crippen LogP contribution in [0.3, 0.4) is 0 Å². The summed E-state index contributed by atoms with van der Waals surface area (Å²) in [6.45, 7) is -3.99. The van der Waals surface area contributed by atoms with Gasteiger partial charge < -0.3 is 153 Å². The maximum absolute atomic E-state index is 16.3. The maximum atomic E-state index is 16.3. The van der Waals surface area contributed by atoms with Gasteiger partial charge in [0.05, 0.1) is 39.3 Å². The van der Waals surface area contributed by atoms with E-state index in [9.17, 15) is 135 Å². The number of cyclic esters (lactones) is 1. The van der Waals surface area contributed by atoms with Gasteiger partial charge in [0.2, 0.25) is 64.0 Å². The number of carbonyl (C=O) groups is 14. The molecule has 44 nitrogen and oxygen atoms in total. The molecule has 4 aromatic carbocycles. The zero-order valence-corrected chi connectivity index (χ0v) is 55.5. The van der Waals surface area contributed by atoms with E-state index in [0.29, 0.717) is 24.3 Å². The Kier molecular flexibility index (Phi) is 22.7. The molecule has 4 aromatic rings. The summed E-state index contributed by atoms with van der Waals surface area (Å²) in [5.41, 5.74) is -1.35. The SMILES string of the molecule is N[C@@H](CCC(=O)NC(CSC(=O)C1(O)[C@@H](SCC(NC(=O)CC[C@H](N)C(=O)O)C(=O)NCC(=O)O)[C@@H]2C(=O)O[C@H]3[C@@H]4OC(=O)c5cc(O)c(O)c(O)c5-c5c(cc(O)c(O)c5O)C(=O)OC[C@H]3O[C@@H](OC(=O)c3cc(O)c(O)c(O)c3)[C@@H]4OC(=O)c3cc(O)c(O)c4c3[C@H]2[C@@]1(O)O4)C(=O)NCC(=O)O)C(=O)O. The first-order valence-corrected chi connectivity index (χ1v) is 32.7. The van der Waals surface area contributed by atoms with E-state index in [1.165, 1.54) is 0 Å². The minimum absolute atomic E-state index is 0.0528. The number of benzene rings is 4. The second-order valence-corrected chi connectivity index (χ2v) is 26.1. The lowest BCUT2D eigenvalue weighted by Gasteiger charge is -2.44. The molecule has 1 saturated carbocycles. The predicted octanol–water partition coefficient (Wildman–Crippen LogP) is -4.81. The monoisotopic (exact) mass is 1550 g/mol. The number of aromatic hydroxyl groups is 11. The third-order valence-electron chi connectivity index (χ3n) is 17.1. The highest BCUT2D eigenvalue weighted by atomic mass is 32.2. The third-order valence-corrected chi connectivity index (χ3v) is 19.7. The van der Waals surface area contributed by atoms with Gasteiger partial charge in [-0.2, -0.15) is 11.8 Å². The van der Waals surface area contributed by atoms with E-state index in [-0.39, 0.29) is 29.6 Å². The number of nitrogens with one attached hydrogen (secondary N) is 4. The summed E-state index contributed by atoms with van der Waals surface area (Å²) in [6.07, 6.45) is -16.7. The van der Waals surface area contributed by atoms with Crippen LogP contribution in [0.25, 0.3) is 11.1 Å². The van der Waals surface area contributed by atoms with E-state index in [2.05, 4.69) is 10.6 Å². The molecule has 3 unspecified atom stereocenters. The summed E-state index contributed by atoms with van der Waals surface area (Å²) < 4.78 is 41.0. The quantitative estimate of drug-likeness (QED) is 0.0178. The number of carboxylic acids is 4. The molecule has 0 aromatic heterocycles. The number of aliphatic carboxylic acids is 4. The first-order chi connectivity index (χ1) is 50.1. The number of amides is 4. The Hall–Kier alpha value is -12.2. The van der Waals surface area contributed by atoms with Crippen LogP contribution < -0.4 is 37.5 Å². The summed E-state index contributed by atoms with van der Waals surface area (Å²) >= 11 is -0.349. The minimum atomic E-state index is -4.11. The summed E-state index contributed by atoms with van der Waals surface area (Å²) in [7, 11) is 0.